The van der Waals surface area contributed by atoms with Crippen molar-refractivity contribution >= 4 is 39.5 Å². The zero-order valence-electron chi connectivity index (χ0n) is 68.1. The molecular formula is C91H146O17P2. The average molecular weight is 1570 g/mol. The number of aliphatic hydroxyl groups is 1. The third-order valence-corrected chi connectivity index (χ3v) is 18.4. The average Bonchev–Trinajstić information content (AvgIpc) is 0.906. The minimum Gasteiger partial charge on any atom is -0.462 e. The summed E-state index contributed by atoms with van der Waals surface area (Å²) in [5.41, 5.74) is 0. The van der Waals surface area contributed by atoms with Crippen LogP contribution in [0.2, 0.25) is 0 Å². The van der Waals surface area contributed by atoms with Crippen LogP contribution in [-0.4, -0.2) is 96.7 Å². The molecule has 0 fully saturated rings. The number of carbonyl (C=O) groups is 4. The van der Waals surface area contributed by atoms with E-state index in [0.717, 1.165) is 212 Å². The Labute approximate surface area is 666 Å². The lowest BCUT2D eigenvalue weighted by Gasteiger charge is -2.21. The maximum Gasteiger partial charge on any atom is 0.472 e. The zero-order chi connectivity index (χ0) is 80.3. The molecule has 0 radical (unpaired) electrons. The van der Waals surface area contributed by atoms with Gasteiger partial charge in [-0.15, -0.1) is 0 Å². The third kappa shape index (κ3) is 80.0. The number of phosphoric ester groups is 2. The minimum absolute atomic E-state index is 0.00522. The highest BCUT2D eigenvalue weighted by molar-refractivity contribution is 7.47. The molecule has 5 atom stereocenters. The van der Waals surface area contributed by atoms with E-state index in [0.29, 0.717) is 32.1 Å². The zero-order valence-corrected chi connectivity index (χ0v) is 69.9. The predicted molar refractivity (Wildman–Crippen MR) is 454 cm³/mol. The van der Waals surface area contributed by atoms with Crippen molar-refractivity contribution in [1.29, 1.82) is 0 Å². The van der Waals surface area contributed by atoms with Crippen LogP contribution in [0.3, 0.4) is 0 Å². The molecule has 0 rings (SSSR count). The number of allylic oxidation sites excluding steroid dienone is 32. The van der Waals surface area contributed by atoms with Crippen LogP contribution < -0.4 is 0 Å². The summed E-state index contributed by atoms with van der Waals surface area (Å²) in [4.78, 5) is 73.2. The molecule has 0 aromatic carbocycles. The first-order valence-corrected chi connectivity index (χ1v) is 44.7. The van der Waals surface area contributed by atoms with Gasteiger partial charge in [0.25, 0.3) is 0 Å². The first-order chi connectivity index (χ1) is 53.7. The summed E-state index contributed by atoms with van der Waals surface area (Å²) < 4.78 is 68.7. The molecule has 17 nitrogen and oxygen atoms in total. The fourth-order valence-electron chi connectivity index (χ4n) is 10.4. The Morgan fingerprint density at radius 2 is 0.455 bits per heavy atom. The fraction of sp³-hybridized carbons (Fsp3) is 0.604. The molecule has 0 aromatic rings. The van der Waals surface area contributed by atoms with Crippen molar-refractivity contribution in [3.05, 3.63) is 194 Å². The highest BCUT2D eigenvalue weighted by Gasteiger charge is 2.30. The first-order valence-electron chi connectivity index (χ1n) is 41.7. The topological polar surface area (TPSA) is 237 Å². The van der Waals surface area contributed by atoms with Crippen molar-refractivity contribution in [2.24, 2.45) is 0 Å². The number of esters is 4. The van der Waals surface area contributed by atoms with Crippen molar-refractivity contribution < 1.29 is 80.2 Å². The van der Waals surface area contributed by atoms with E-state index in [1.807, 2.05) is 12.2 Å². The third-order valence-electron chi connectivity index (χ3n) is 16.5. The van der Waals surface area contributed by atoms with E-state index < -0.39 is 97.5 Å². The number of unbranched alkanes of at least 4 members (excludes halogenated alkanes) is 18. The molecule has 622 valence electrons. The number of phosphoric acid groups is 2. The van der Waals surface area contributed by atoms with Gasteiger partial charge in [0.15, 0.2) is 12.2 Å². The SMILES string of the molecule is CC/C=C\C/C=C\C/C=C\C/C=C\C/C=C\CCCC(=O)OC(COC(=O)CCCCCCCC/C=C\C/C=C\C/C=C\C/C=C\CC)COP(=O)(O)OCC(O)COP(=O)(O)OCC(COC(=O)CCCCCCCC/C=C\C/C=C\C/C=C\C/C=C\CC)OC(=O)CCCCCCC/C=C\C/C=C\C/C=C\CC. The molecule has 0 aliphatic carbocycles. The van der Waals surface area contributed by atoms with E-state index in [9.17, 15) is 43.2 Å². The van der Waals surface area contributed by atoms with Gasteiger partial charge < -0.3 is 33.8 Å². The summed E-state index contributed by atoms with van der Waals surface area (Å²) in [6, 6.07) is 0. The van der Waals surface area contributed by atoms with Gasteiger partial charge in [-0.05, 0) is 173 Å². The summed E-state index contributed by atoms with van der Waals surface area (Å²) in [7, 11) is -10.0. The number of hydrogen-bond acceptors (Lipinski definition) is 15. The summed E-state index contributed by atoms with van der Waals surface area (Å²) in [5, 5.41) is 10.7. The number of aliphatic hydroxyl groups excluding tert-OH is 1. The van der Waals surface area contributed by atoms with Crippen LogP contribution >= 0.6 is 15.6 Å². The minimum atomic E-state index is -5.01. The smallest absolute Gasteiger partial charge is 0.462 e. The fourth-order valence-corrected chi connectivity index (χ4v) is 11.9. The lowest BCUT2D eigenvalue weighted by Crippen LogP contribution is -2.30. The summed E-state index contributed by atoms with van der Waals surface area (Å²) in [5.74, 6) is -2.31. The van der Waals surface area contributed by atoms with Crippen molar-refractivity contribution in [2.75, 3.05) is 39.6 Å². The highest BCUT2D eigenvalue weighted by Crippen LogP contribution is 2.45. The van der Waals surface area contributed by atoms with Crippen molar-refractivity contribution in [1.82, 2.24) is 0 Å². The Hall–Kier alpha value is -6.10. The summed E-state index contributed by atoms with van der Waals surface area (Å²) in [6.07, 6.45) is 99.7. The molecule has 0 heterocycles. The Morgan fingerprint density at radius 1 is 0.255 bits per heavy atom. The lowest BCUT2D eigenvalue weighted by atomic mass is 10.1. The summed E-state index contributed by atoms with van der Waals surface area (Å²) in [6.45, 7) is 4.30. The Balaban J connectivity index is 5.48. The van der Waals surface area contributed by atoms with E-state index in [1.165, 1.54) is 0 Å². The molecule has 110 heavy (non-hydrogen) atoms. The maximum absolute atomic E-state index is 13.1. The lowest BCUT2D eigenvalue weighted by molar-refractivity contribution is -0.161. The molecule has 0 bridgehead atoms. The maximum atomic E-state index is 13.1. The number of ether oxygens (including phenoxy) is 4. The molecular weight excluding hydrogens is 1430 g/mol. The van der Waals surface area contributed by atoms with Gasteiger partial charge in [0.1, 0.15) is 19.3 Å². The largest absolute Gasteiger partial charge is 0.472 e. The quantitative estimate of drug-likeness (QED) is 0.0169. The van der Waals surface area contributed by atoms with Crippen molar-refractivity contribution in [2.45, 2.75) is 316 Å². The second kappa shape index (κ2) is 80.9. The van der Waals surface area contributed by atoms with E-state index >= 15 is 0 Å². The first kappa shape index (κ1) is 104. The Kier molecular flexibility index (Phi) is 76.4. The number of rotatable bonds is 76. The predicted octanol–water partition coefficient (Wildman–Crippen LogP) is 24.9. The van der Waals surface area contributed by atoms with Crippen LogP contribution in [0, 0.1) is 0 Å². The molecule has 19 heteroatoms. The van der Waals surface area contributed by atoms with Crippen molar-refractivity contribution in [3.63, 3.8) is 0 Å². The molecule has 0 aliphatic heterocycles. The monoisotopic (exact) mass is 1570 g/mol. The molecule has 0 aromatic heterocycles. The van der Waals surface area contributed by atoms with Gasteiger partial charge in [-0.2, -0.15) is 0 Å². The highest BCUT2D eigenvalue weighted by atomic mass is 31.2. The molecule has 0 saturated heterocycles. The molecule has 3 N–H and O–H groups in total. The summed E-state index contributed by atoms with van der Waals surface area (Å²) >= 11 is 0. The van der Waals surface area contributed by atoms with E-state index in [2.05, 4.69) is 210 Å². The van der Waals surface area contributed by atoms with Crippen LogP contribution in [0.4, 0.5) is 0 Å². The molecule has 0 aliphatic rings. The molecule has 0 spiro atoms. The van der Waals surface area contributed by atoms with Crippen molar-refractivity contribution in [3.8, 4) is 0 Å². The molecule has 0 amide bonds. The molecule has 5 unspecified atom stereocenters. The van der Waals surface area contributed by atoms with Gasteiger partial charge in [0.05, 0.1) is 26.4 Å². The van der Waals surface area contributed by atoms with Gasteiger partial charge in [0.2, 0.25) is 0 Å². The number of hydrogen-bond donors (Lipinski definition) is 3. The van der Waals surface area contributed by atoms with Gasteiger partial charge in [-0.1, -0.05) is 293 Å². The Bertz CT molecular complexity index is 2850. The van der Waals surface area contributed by atoms with Gasteiger partial charge in [-0.25, -0.2) is 9.13 Å². The van der Waals surface area contributed by atoms with Gasteiger partial charge in [0, 0.05) is 25.7 Å². The van der Waals surface area contributed by atoms with Gasteiger partial charge in [-0.3, -0.25) is 37.3 Å². The van der Waals surface area contributed by atoms with E-state index in [4.69, 9.17) is 37.0 Å². The normalized spacial score (nSPS) is 14.8. The van der Waals surface area contributed by atoms with E-state index in [-0.39, 0.29) is 25.7 Å². The van der Waals surface area contributed by atoms with Crippen LogP contribution in [0.15, 0.2) is 194 Å². The van der Waals surface area contributed by atoms with Crippen LogP contribution in [0.5, 0.6) is 0 Å². The standard InChI is InChI=1S/C91H146O17P2/c1-5-9-13-17-21-25-29-33-37-40-42-45-48-51-55-59-63-67-71-75-88(93)101-81-86(107-90(95)77-73-69-65-61-57-53-47-36-32-28-24-20-16-12-8-4)83-105-109(97,98)103-79-85(92)80-104-110(99,100)106-84-87(108-91(96)78-74-70-66-62-58-54-50-44-39-35-31-27-23-19-15-11-7-3)82-102-89(94)76-72-68-64-60-56-52-49-46-43-41-38-34-30-26-22-18-14-10-6-2/h9-16,21-28,33-39,42-43,45-47,50,54,62,66,85-87,92H,5-8,17-20,29-32,40-41,44,48-49,51-53,55-61,63-65,67-84H2,1-4H3,(H,97,98)(H,99,100)/b13-9-,14-10-,15-11-,16-12-,25-21-,26-22-,27-23-,28-24-,37-33-,38-34-,39-35-,45-42-,46-43-,47-36-,54-50-,66-62-. The van der Waals surface area contributed by atoms with Crippen LogP contribution in [0.1, 0.15) is 297 Å². The van der Waals surface area contributed by atoms with Gasteiger partial charge >= 0.3 is 39.5 Å². The second-order valence-corrected chi connectivity index (χ2v) is 29.8. The molecule has 0 saturated carbocycles. The van der Waals surface area contributed by atoms with Crippen LogP contribution in [0.25, 0.3) is 0 Å². The van der Waals surface area contributed by atoms with Crippen LogP contribution in [-0.2, 0) is 65.4 Å². The number of carbonyl (C=O) groups excluding carboxylic acids is 4. The second-order valence-electron chi connectivity index (χ2n) is 26.9. The Morgan fingerprint density at radius 3 is 0.718 bits per heavy atom. The van der Waals surface area contributed by atoms with E-state index in [1.54, 1.807) is 0 Å².